The van der Waals surface area contributed by atoms with E-state index in [-0.39, 0.29) is 11.9 Å². The Kier molecular flexibility index (Phi) is 5.39. The number of para-hydroxylation sites is 1. The highest BCUT2D eigenvalue weighted by Gasteiger charge is 2.12. The highest BCUT2D eigenvalue weighted by molar-refractivity contribution is 9.10. The Hall–Kier alpha value is -1.81. The number of ether oxygens (including phenoxy) is 1. The number of halogens is 1. The van der Waals surface area contributed by atoms with Crippen LogP contribution in [0.5, 0.6) is 5.75 Å². The van der Waals surface area contributed by atoms with E-state index < -0.39 is 0 Å². The number of hydrogen-bond acceptors (Lipinski definition) is 2. The summed E-state index contributed by atoms with van der Waals surface area (Å²) in [5, 5.41) is 2.93. The zero-order chi connectivity index (χ0) is 15.2. The number of benzene rings is 2. The maximum atomic E-state index is 12.2. The highest BCUT2D eigenvalue weighted by Crippen LogP contribution is 2.17. The summed E-state index contributed by atoms with van der Waals surface area (Å²) < 4.78 is 6.53. The molecule has 0 fully saturated rings. The van der Waals surface area contributed by atoms with Crippen molar-refractivity contribution >= 4 is 21.8 Å². The number of carbonyl (C=O) groups is 1. The van der Waals surface area contributed by atoms with Crippen LogP contribution < -0.4 is 10.1 Å². The quantitative estimate of drug-likeness (QED) is 0.888. The van der Waals surface area contributed by atoms with Crippen LogP contribution in [0.1, 0.15) is 22.8 Å². The highest BCUT2D eigenvalue weighted by atomic mass is 79.9. The van der Waals surface area contributed by atoms with Crippen molar-refractivity contribution < 1.29 is 9.53 Å². The van der Waals surface area contributed by atoms with Crippen molar-refractivity contribution in [3.8, 4) is 5.75 Å². The third-order valence-corrected chi connectivity index (χ3v) is 3.77. The molecule has 21 heavy (non-hydrogen) atoms. The molecule has 0 radical (unpaired) electrons. The molecular weight excluding hydrogens is 330 g/mol. The number of nitrogens with one attached hydrogen (secondary N) is 1. The van der Waals surface area contributed by atoms with Gasteiger partial charge in [-0.1, -0.05) is 30.3 Å². The molecule has 1 N–H and O–H groups in total. The molecule has 0 aliphatic carbocycles. The first-order chi connectivity index (χ1) is 10.1. The van der Waals surface area contributed by atoms with Gasteiger partial charge in [0.15, 0.2) is 0 Å². The van der Waals surface area contributed by atoms with E-state index in [0.29, 0.717) is 12.2 Å². The fourth-order valence-electron chi connectivity index (χ4n) is 1.92. The van der Waals surface area contributed by atoms with Crippen molar-refractivity contribution in [1.82, 2.24) is 5.32 Å². The molecule has 4 heteroatoms. The van der Waals surface area contributed by atoms with Gasteiger partial charge in [-0.25, -0.2) is 0 Å². The fraction of sp³-hybridized carbons (Fsp3) is 0.235. The SMILES string of the molecule is Cc1ccccc1OCC(C)NC(=O)c1ccccc1Br. The summed E-state index contributed by atoms with van der Waals surface area (Å²) in [5.74, 6) is 0.739. The molecule has 110 valence electrons. The minimum Gasteiger partial charge on any atom is -0.491 e. The van der Waals surface area contributed by atoms with Gasteiger partial charge < -0.3 is 10.1 Å². The monoisotopic (exact) mass is 347 g/mol. The van der Waals surface area contributed by atoms with Crippen molar-refractivity contribution in [2.75, 3.05) is 6.61 Å². The van der Waals surface area contributed by atoms with Crippen molar-refractivity contribution in [3.05, 3.63) is 64.1 Å². The van der Waals surface area contributed by atoms with E-state index in [0.717, 1.165) is 15.8 Å². The Labute approximate surface area is 133 Å². The van der Waals surface area contributed by atoms with Crippen molar-refractivity contribution in [2.45, 2.75) is 19.9 Å². The van der Waals surface area contributed by atoms with Crippen LogP contribution in [0.25, 0.3) is 0 Å². The molecule has 0 aliphatic rings. The average molecular weight is 348 g/mol. The van der Waals surface area contributed by atoms with Crippen LogP contribution in [0.2, 0.25) is 0 Å². The molecule has 2 aromatic rings. The smallest absolute Gasteiger partial charge is 0.252 e. The molecule has 1 atom stereocenters. The first-order valence-corrected chi connectivity index (χ1v) is 7.61. The van der Waals surface area contributed by atoms with Crippen LogP contribution >= 0.6 is 15.9 Å². The normalized spacial score (nSPS) is 11.8. The molecular formula is C17H18BrNO2. The molecule has 0 aliphatic heterocycles. The predicted octanol–water partition coefficient (Wildman–Crippen LogP) is 3.95. The van der Waals surface area contributed by atoms with Crippen molar-refractivity contribution in [3.63, 3.8) is 0 Å². The van der Waals surface area contributed by atoms with E-state index in [2.05, 4.69) is 21.2 Å². The molecule has 2 rings (SSSR count). The van der Waals surface area contributed by atoms with Crippen LogP contribution in [0.3, 0.4) is 0 Å². The lowest BCUT2D eigenvalue weighted by atomic mass is 10.2. The van der Waals surface area contributed by atoms with Gasteiger partial charge in [0.1, 0.15) is 12.4 Å². The molecule has 0 bridgehead atoms. The number of amides is 1. The summed E-state index contributed by atoms with van der Waals surface area (Å²) in [6.45, 7) is 4.35. The van der Waals surface area contributed by atoms with Crippen LogP contribution in [0.4, 0.5) is 0 Å². The average Bonchev–Trinajstić information content (AvgIpc) is 2.46. The molecule has 2 aromatic carbocycles. The first kappa shape index (κ1) is 15.6. The lowest BCUT2D eigenvalue weighted by molar-refractivity contribution is 0.0926. The minimum absolute atomic E-state index is 0.0794. The number of rotatable bonds is 5. The van der Waals surface area contributed by atoms with Gasteiger partial charge in [-0.05, 0) is 53.5 Å². The molecule has 0 saturated carbocycles. The molecule has 0 aromatic heterocycles. The van der Waals surface area contributed by atoms with Crippen LogP contribution in [-0.2, 0) is 0 Å². The maximum absolute atomic E-state index is 12.2. The molecule has 0 heterocycles. The van der Waals surface area contributed by atoms with Gasteiger partial charge in [0.25, 0.3) is 5.91 Å². The number of hydrogen-bond donors (Lipinski definition) is 1. The van der Waals surface area contributed by atoms with E-state index in [4.69, 9.17) is 4.74 Å². The Morgan fingerprint density at radius 3 is 2.57 bits per heavy atom. The van der Waals surface area contributed by atoms with Crippen LogP contribution in [0.15, 0.2) is 53.0 Å². The zero-order valence-corrected chi connectivity index (χ0v) is 13.7. The standard InChI is InChI=1S/C17H18BrNO2/c1-12-7-3-6-10-16(12)21-11-13(2)19-17(20)14-8-4-5-9-15(14)18/h3-10,13H,11H2,1-2H3,(H,19,20). The van der Waals surface area contributed by atoms with Gasteiger partial charge in [0.05, 0.1) is 11.6 Å². The molecule has 1 unspecified atom stereocenters. The second-order valence-electron chi connectivity index (χ2n) is 4.93. The third-order valence-electron chi connectivity index (χ3n) is 3.08. The minimum atomic E-state index is -0.108. The lowest BCUT2D eigenvalue weighted by Gasteiger charge is -2.16. The Balaban J connectivity index is 1.90. The zero-order valence-electron chi connectivity index (χ0n) is 12.1. The second kappa shape index (κ2) is 7.27. The van der Waals surface area contributed by atoms with Gasteiger partial charge >= 0.3 is 0 Å². The van der Waals surface area contributed by atoms with E-state index in [1.807, 2.05) is 56.3 Å². The molecule has 0 spiro atoms. The third kappa shape index (κ3) is 4.33. The number of carbonyl (C=O) groups excluding carboxylic acids is 1. The largest absolute Gasteiger partial charge is 0.491 e. The Morgan fingerprint density at radius 1 is 1.19 bits per heavy atom. The second-order valence-corrected chi connectivity index (χ2v) is 5.79. The van der Waals surface area contributed by atoms with Gasteiger partial charge in [-0.3, -0.25) is 4.79 Å². The van der Waals surface area contributed by atoms with Crippen LogP contribution in [0, 0.1) is 6.92 Å². The molecule has 0 saturated heterocycles. The lowest BCUT2D eigenvalue weighted by Crippen LogP contribution is -2.37. The van der Waals surface area contributed by atoms with Crippen molar-refractivity contribution in [1.29, 1.82) is 0 Å². The van der Waals surface area contributed by atoms with Gasteiger partial charge in [-0.2, -0.15) is 0 Å². The first-order valence-electron chi connectivity index (χ1n) is 6.81. The maximum Gasteiger partial charge on any atom is 0.252 e. The summed E-state index contributed by atoms with van der Waals surface area (Å²) >= 11 is 3.38. The summed E-state index contributed by atoms with van der Waals surface area (Å²) in [5.41, 5.74) is 1.71. The molecule has 3 nitrogen and oxygen atoms in total. The van der Waals surface area contributed by atoms with Gasteiger partial charge in [-0.15, -0.1) is 0 Å². The summed E-state index contributed by atoms with van der Waals surface area (Å²) in [4.78, 5) is 12.2. The van der Waals surface area contributed by atoms with E-state index in [9.17, 15) is 4.79 Å². The van der Waals surface area contributed by atoms with E-state index in [1.54, 1.807) is 6.07 Å². The Bertz CT molecular complexity index is 628. The number of aryl methyl sites for hydroxylation is 1. The van der Waals surface area contributed by atoms with E-state index in [1.165, 1.54) is 0 Å². The predicted molar refractivity (Wildman–Crippen MR) is 87.7 cm³/mol. The summed E-state index contributed by atoms with van der Waals surface area (Å²) in [6, 6.07) is 15.1. The fourth-order valence-corrected chi connectivity index (χ4v) is 2.39. The van der Waals surface area contributed by atoms with Crippen LogP contribution in [-0.4, -0.2) is 18.6 Å². The van der Waals surface area contributed by atoms with Gasteiger partial charge in [0.2, 0.25) is 0 Å². The van der Waals surface area contributed by atoms with Gasteiger partial charge in [0, 0.05) is 4.47 Å². The van der Waals surface area contributed by atoms with Crippen molar-refractivity contribution in [2.24, 2.45) is 0 Å². The summed E-state index contributed by atoms with van der Waals surface area (Å²) in [7, 11) is 0. The molecule has 1 amide bonds. The summed E-state index contributed by atoms with van der Waals surface area (Å²) in [6.07, 6.45) is 0. The Morgan fingerprint density at radius 2 is 1.86 bits per heavy atom. The van der Waals surface area contributed by atoms with E-state index >= 15 is 0 Å². The topological polar surface area (TPSA) is 38.3 Å².